The molecule has 0 amide bonds. The van der Waals surface area contributed by atoms with Crippen LogP contribution in [0.5, 0.6) is 0 Å². The van der Waals surface area contributed by atoms with E-state index in [9.17, 15) is 9.50 Å². The predicted molar refractivity (Wildman–Crippen MR) is 115 cm³/mol. The van der Waals surface area contributed by atoms with Gasteiger partial charge in [0.2, 0.25) is 0 Å². The van der Waals surface area contributed by atoms with Gasteiger partial charge >= 0.3 is 0 Å². The maximum atomic E-state index is 13.2. The lowest BCUT2D eigenvalue weighted by Crippen LogP contribution is -2.39. The molecule has 2 aromatic carbocycles. The van der Waals surface area contributed by atoms with Crippen molar-refractivity contribution in [3.63, 3.8) is 0 Å². The van der Waals surface area contributed by atoms with Crippen LogP contribution in [0.25, 0.3) is 0 Å². The molecule has 30 heavy (non-hydrogen) atoms. The molecule has 2 aromatic rings. The molecule has 3 rings (SSSR count). The smallest absolute Gasteiger partial charge is 0.145 e. The highest BCUT2D eigenvalue weighted by Crippen LogP contribution is 2.21. The summed E-state index contributed by atoms with van der Waals surface area (Å²) < 4.78 is 18.4. The van der Waals surface area contributed by atoms with Crippen LogP contribution < -0.4 is 0 Å². The average Bonchev–Trinajstić information content (AvgIpc) is 3.19. The Morgan fingerprint density at radius 3 is 2.80 bits per heavy atom. The van der Waals surface area contributed by atoms with E-state index in [2.05, 4.69) is 16.0 Å². The van der Waals surface area contributed by atoms with Gasteiger partial charge < -0.3 is 14.7 Å². The topological polar surface area (TPSA) is 54.3 Å². The molecule has 2 atom stereocenters. The first-order valence-electron chi connectivity index (χ1n) is 9.69. The van der Waals surface area contributed by atoms with Crippen molar-refractivity contribution in [2.24, 2.45) is 5.16 Å². The van der Waals surface area contributed by atoms with E-state index in [1.54, 1.807) is 12.1 Å². The lowest BCUT2D eigenvalue weighted by atomic mass is 10.0. The van der Waals surface area contributed by atoms with Gasteiger partial charge in [0, 0.05) is 31.1 Å². The maximum absolute atomic E-state index is 13.2. The number of ether oxygens (including phenoxy) is 1. The van der Waals surface area contributed by atoms with Crippen LogP contribution in [0.4, 0.5) is 4.39 Å². The quantitative estimate of drug-likeness (QED) is 0.463. The summed E-state index contributed by atoms with van der Waals surface area (Å²) in [6.45, 7) is 1.74. The van der Waals surface area contributed by atoms with Crippen LogP contribution in [0.15, 0.2) is 53.7 Å². The van der Waals surface area contributed by atoms with Gasteiger partial charge in [-0.05, 0) is 29.3 Å². The second-order valence-corrected chi connectivity index (χ2v) is 7.54. The highest BCUT2D eigenvalue weighted by atomic mass is 35.5. The monoisotopic (exact) mass is 430 g/mol. The first kappa shape index (κ1) is 22.3. The zero-order valence-corrected chi connectivity index (χ0v) is 17.3. The fourth-order valence-electron chi connectivity index (χ4n) is 3.30. The molecule has 0 bridgehead atoms. The third kappa shape index (κ3) is 6.54. The minimum Gasteiger partial charge on any atom is -0.390 e. The number of oxime groups is 1. The molecule has 1 aliphatic heterocycles. The molecule has 0 saturated heterocycles. The molecular formula is C23H24ClFN2O3. The van der Waals surface area contributed by atoms with Crippen LogP contribution in [0.1, 0.15) is 17.5 Å². The Hall–Kier alpha value is -2.43. The third-order valence-electron chi connectivity index (χ3n) is 4.69. The van der Waals surface area contributed by atoms with E-state index in [1.807, 2.05) is 24.3 Å². The molecular weight excluding hydrogens is 407 g/mol. The van der Waals surface area contributed by atoms with Crippen LogP contribution in [-0.4, -0.2) is 54.2 Å². The van der Waals surface area contributed by atoms with Crippen molar-refractivity contribution in [2.75, 3.05) is 26.3 Å². The molecule has 0 spiro atoms. The van der Waals surface area contributed by atoms with E-state index < -0.39 is 6.10 Å². The second kappa shape index (κ2) is 11.1. The van der Waals surface area contributed by atoms with Crippen LogP contribution in [0.2, 0.25) is 5.02 Å². The molecule has 5 nitrogen and oxygen atoms in total. The summed E-state index contributed by atoms with van der Waals surface area (Å²) in [6.07, 6.45) is 4.88. The zero-order valence-electron chi connectivity index (χ0n) is 16.5. The number of nitrogens with zero attached hydrogens (tertiary/aromatic N) is 2. The number of benzene rings is 2. The largest absolute Gasteiger partial charge is 0.390 e. The molecule has 1 heterocycles. The van der Waals surface area contributed by atoms with Crippen molar-refractivity contribution >= 4 is 17.3 Å². The summed E-state index contributed by atoms with van der Waals surface area (Å²) in [6, 6.07) is 13.8. The normalized spacial score (nSPS) is 16.8. The van der Waals surface area contributed by atoms with Gasteiger partial charge in [-0.2, -0.15) is 0 Å². The van der Waals surface area contributed by atoms with Gasteiger partial charge in [-0.3, -0.25) is 4.90 Å². The number of terminal acetylenes is 1. The Kier molecular flexibility index (Phi) is 8.23. The van der Waals surface area contributed by atoms with Crippen molar-refractivity contribution in [3.05, 3.63) is 70.5 Å². The standard InChI is InChI=1S/C23H24ClFN2O3/c1-2-11-29-16-20(28)14-27(13-18-5-3-4-6-22(18)24)15-21-12-23(26-30-21)17-7-9-19(25)10-8-17/h1,3-10,20-21,28H,11-16H2/t20-,21+/m0/s1. The van der Waals surface area contributed by atoms with Crippen LogP contribution in [0.3, 0.4) is 0 Å². The SMILES string of the molecule is C#CCOC[C@@H](O)CN(Cc1ccccc1Cl)C[C@H]1CC(c2ccc(F)cc2)=NO1. The summed E-state index contributed by atoms with van der Waals surface area (Å²) in [4.78, 5) is 7.66. The Morgan fingerprint density at radius 2 is 2.07 bits per heavy atom. The molecule has 0 unspecified atom stereocenters. The highest BCUT2D eigenvalue weighted by Gasteiger charge is 2.26. The fourth-order valence-corrected chi connectivity index (χ4v) is 3.50. The van der Waals surface area contributed by atoms with Gasteiger partial charge in [-0.1, -0.05) is 53.0 Å². The van der Waals surface area contributed by atoms with Crippen LogP contribution >= 0.6 is 11.6 Å². The molecule has 1 aliphatic rings. The summed E-state index contributed by atoms with van der Waals surface area (Å²) >= 11 is 6.32. The summed E-state index contributed by atoms with van der Waals surface area (Å²) in [5, 5.41) is 15.2. The minimum absolute atomic E-state index is 0.145. The molecule has 0 saturated carbocycles. The van der Waals surface area contributed by atoms with Gasteiger partial charge in [-0.25, -0.2) is 4.39 Å². The van der Waals surface area contributed by atoms with Gasteiger partial charge in [0.1, 0.15) is 18.5 Å². The van der Waals surface area contributed by atoms with E-state index in [0.29, 0.717) is 31.1 Å². The summed E-state index contributed by atoms with van der Waals surface area (Å²) in [5.74, 6) is 2.09. The van der Waals surface area contributed by atoms with Gasteiger partial charge in [0.15, 0.2) is 0 Å². The van der Waals surface area contributed by atoms with Crippen molar-refractivity contribution in [1.82, 2.24) is 4.90 Å². The molecule has 0 aliphatic carbocycles. The lowest BCUT2D eigenvalue weighted by molar-refractivity contribution is 0.00419. The molecule has 0 fully saturated rings. The number of halogens is 2. The highest BCUT2D eigenvalue weighted by molar-refractivity contribution is 6.31. The molecule has 0 radical (unpaired) electrons. The summed E-state index contributed by atoms with van der Waals surface area (Å²) in [5.41, 5.74) is 2.56. The summed E-state index contributed by atoms with van der Waals surface area (Å²) in [7, 11) is 0. The van der Waals surface area contributed by atoms with Crippen molar-refractivity contribution in [1.29, 1.82) is 0 Å². The predicted octanol–water partition coefficient (Wildman–Crippen LogP) is 3.49. The van der Waals surface area contributed by atoms with E-state index in [1.165, 1.54) is 12.1 Å². The Bertz CT molecular complexity index is 898. The van der Waals surface area contributed by atoms with E-state index in [-0.39, 0.29) is 25.1 Å². The van der Waals surface area contributed by atoms with E-state index in [4.69, 9.17) is 27.6 Å². The third-order valence-corrected chi connectivity index (χ3v) is 5.06. The average molecular weight is 431 g/mol. The lowest BCUT2D eigenvalue weighted by Gasteiger charge is -2.27. The Balaban J connectivity index is 1.62. The molecule has 0 aromatic heterocycles. The molecule has 7 heteroatoms. The van der Waals surface area contributed by atoms with Crippen molar-refractivity contribution in [3.8, 4) is 12.3 Å². The van der Waals surface area contributed by atoms with Crippen LogP contribution in [-0.2, 0) is 16.1 Å². The Labute approximate surface area is 181 Å². The first-order valence-corrected chi connectivity index (χ1v) is 10.1. The molecule has 1 N–H and O–H groups in total. The number of aliphatic hydroxyl groups is 1. The van der Waals surface area contributed by atoms with Crippen molar-refractivity contribution < 1.29 is 19.1 Å². The molecule has 158 valence electrons. The van der Waals surface area contributed by atoms with E-state index in [0.717, 1.165) is 16.8 Å². The zero-order chi connectivity index (χ0) is 21.3. The van der Waals surface area contributed by atoms with Crippen LogP contribution in [0, 0.1) is 18.2 Å². The number of rotatable bonds is 10. The van der Waals surface area contributed by atoms with Crippen molar-refractivity contribution in [2.45, 2.75) is 25.2 Å². The number of hydrogen-bond donors (Lipinski definition) is 1. The van der Waals surface area contributed by atoms with Gasteiger partial charge in [-0.15, -0.1) is 6.42 Å². The minimum atomic E-state index is -0.709. The Morgan fingerprint density at radius 1 is 1.30 bits per heavy atom. The van der Waals surface area contributed by atoms with Gasteiger partial charge in [0.25, 0.3) is 0 Å². The first-order chi connectivity index (χ1) is 14.5. The van der Waals surface area contributed by atoms with E-state index >= 15 is 0 Å². The maximum Gasteiger partial charge on any atom is 0.145 e. The number of aliphatic hydroxyl groups excluding tert-OH is 1. The fraction of sp³-hybridized carbons (Fsp3) is 0.348. The number of hydrogen-bond acceptors (Lipinski definition) is 5. The van der Waals surface area contributed by atoms with Gasteiger partial charge in [0.05, 0.1) is 18.4 Å². The second-order valence-electron chi connectivity index (χ2n) is 7.13.